The van der Waals surface area contributed by atoms with Gasteiger partial charge in [0.1, 0.15) is 4.90 Å². The minimum absolute atomic E-state index is 0.0481. The quantitative estimate of drug-likeness (QED) is 0.838. The summed E-state index contributed by atoms with van der Waals surface area (Å²) < 4.78 is 32.9. The van der Waals surface area contributed by atoms with Gasteiger partial charge >= 0.3 is 0 Å². The molecule has 100 valence electrons. The lowest BCUT2D eigenvalue weighted by atomic mass is 10.1. The number of hydrogen-bond acceptors (Lipinski definition) is 4. The van der Waals surface area contributed by atoms with Crippen molar-refractivity contribution < 1.29 is 13.2 Å². The van der Waals surface area contributed by atoms with Gasteiger partial charge in [-0.1, -0.05) is 0 Å². The summed E-state index contributed by atoms with van der Waals surface area (Å²) in [6, 6.07) is -0.100. The maximum absolute atomic E-state index is 12.2. The van der Waals surface area contributed by atoms with Crippen LogP contribution in [-0.2, 0) is 14.8 Å². The number of aromatic amines is 1. The molecule has 1 aliphatic heterocycles. The highest BCUT2D eigenvalue weighted by Gasteiger charge is 2.42. The first-order valence-corrected chi connectivity index (χ1v) is 7.70. The summed E-state index contributed by atoms with van der Waals surface area (Å²) in [5, 5.41) is 6.40. The highest BCUT2D eigenvalue weighted by Crippen LogP contribution is 2.39. The van der Waals surface area contributed by atoms with Gasteiger partial charge in [-0.15, -0.1) is 0 Å². The Bertz CT molecular complexity index is 535. The number of nitrogens with zero attached hydrogens (tertiary/aromatic N) is 1. The summed E-state index contributed by atoms with van der Waals surface area (Å²) in [5.74, 6) is 0.533. The van der Waals surface area contributed by atoms with E-state index in [4.69, 9.17) is 4.74 Å². The van der Waals surface area contributed by atoms with Crippen molar-refractivity contribution >= 4 is 10.0 Å². The fourth-order valence-corrected chi connectivity index (χ4v) is 3.92. The van der Waals surface area contributed by atoms with Crippen molar-refractivity contribution in [3.8, 4) is 0 Å². The lowest BCUT2D eigenvalue weighted by Gasteiger charge is -2.19. The van der Waals surface area contributed by atoms with E-state index >= 15 is 0 Å². The van der Waals surface area contributed by atoms with Crippen LogP contribution in [0.25, 0.3) is 0 Å². The van der Waals surface area contributed by atoms with Crippen molar-refractivity contribution in [2.24, 2.45) is 5.92 Å². The summed E-state index contributed by atoms with van der Waals surface area (Å²) in [4.78, 5) is 0.226. The molecule has 2 heterocycles. The predicted octanol–water partition coefficient (Wildman–Crippen LogP) is 0.564. The number of aromatic nitrogens is 2. The molecule has 7 heteroatoms. The van der Waals surface area contributed by atoms with Gasteiger partial charge in [0.15, 0.2) is 0 Å². The number of sulfonamides is 1. The van der Waals surface area contributed by atoms with Gasteiger partial charge in [-0.25, -0.2) is 13.1 Å². The first kappa shape index (κ1) is 12.1. The largest absolute Gasteiger partial charge is 0.376 e. The Hall–Kier alpha value is -0.920. The van der Waals surface area contributed by atoms with Crippen LogP contribution < -0.4 is 4.72 Å². The lowest BCUT2D eigenvalue weighted by Crippen LogP contribution is -2.41. The summed E-state index contributed by atoms with van der Waals surface area (Å²) in [7, 11) is -3.49. The van der Waals surface area contributed by atoms with Gasteiger partial charge in [0.2, 0.25) is 10.0 Å². The zero-order valence-corrected chi connectivity index (χ0v) is 11.0. The number of rotatable bonds is 4. The molecule has 0 spiro atoms. The molecule has 1 saturated heterocycles. The lowest BCUT2D eigenvalue weighted by molar-refractivity contribution is 0.0848. The van der Waals surface area contributed by atoms with Gasteiger partial charge < -0.3 is 4.74 Å². The third-order valence-corrected chi connectivity index (χ3v) is 5.21. The third-order valence-electron chi connectivity index (χ3n) is 3.60. The predicted molar refractivity (Wildman–Crippen MR) is 64.5 cm³/mol. The van der Waals surface area contributed by atoms with Crippen LogP contribution in [0.4, 0.5) is 0 Å². The smallest absolute Gasteiger partial charge is 0.244 e. The van der Waals surface area contributed by atoms with Crippen LogP contribution in [0, 0.1) is 12.8 Å². The van der Waals surface area contributed by atoms with E-state index < -0.39 is 10.0 Å². The van der Waals surface area contributed by atoms with Gasteiger partial charge in [0.25, 0.3) is 0 Å². The summed E-state index contributed by atoms with van der Waals surface area (Å²) >= 11 is 0. The van der Waals surface area contributed by atoms with Crippen molar-refractivity contribution in [2.75, 3.05) is 6.61 Å². The Morgan fingerprint density at radius 3 is 2.83 bits per heavy atom. The Morgan fingerprint density at radius 1 is 1.44 bits per heavy atom. The van der Waals surface area contributed by atoms with E-state index in [9.17, 15) is 8.42 Å². The number of hydrogen-bond donors (Lipinski definition) is 2. The van der Waals surface area contributed by atoms with E-state index in [-0.39, 0.29) is 17.0 Å². The van der Waals surface area contributed by atoms with Crippen LogP contribution >= 0.6 is 0 Å². The maximum atomic E-state index is 12.2. The van der Waals surface area contributed by atoms with E-state index in [0.29, 0.717) is 18.2 Å². The molecule has 2 N–H and O–H groups in total. The standard InChI is InChI=1S/C11H17N3O3S/c1-7-10(6-12-13-7)18(15,16)14-9-4-5-17-11(9)8-2-3-8/h6,8-9,11,14H,2-5H2,1H3,(H,12,13). The van der Waals surface area contributed by atoms with Gasteiger partial charge in [0, 0.05) is 6.61 Å². The van der Waals surface area contributed by atoms with Crippen molar-refractivity contribution in [2.45, 2.75) is 43.2 Å². The topological polar surface area (TPSA) is 84.1 Å². The van der Waals surface area contributed by atoms with Gasteiger partial charge in [-0.2, -0.15) is 5.10 Å². The number of ether oxygens (including phenoxy) is 1. The Kier molecular flexibility index (Phi) is 2.91. The van der Waals surface area contributed by atoms with E-state index in [1.807, 2.05) is 0 Å². The van der Waals surface area contributed by atoms with Crippen LogP contribution in [-0.4, -0.2) is 37.4 Å². The second-order valence-electron chi connectivity index (χ2n) is 5.05. The third kappa shape index (κ3) is 2.17. The van der Waals surface area contributed by atoms with E-state index in [2.05, 4.69) is 14.9 Å². The monoisotopic (exact) mass is 271 g/mol. The van der Waals surface area contributed by atoms with Gasteiger partial charge in [-0.3, -0.25) is 5.10 Å². The second-order valence-corrected chi connectivity index (χ2v) is 6.73. The highest BCUT2D eigenvalue weighted by molar-refractivity contribution is 7.89. The molecule has 2 fully saturated rings. The van der Waals surface area contributed by atoms with Crippen LogP contribution in [0.5, 0.6) is 0 Å². The molecule has 2 unspecified atom stereocenters. The molecular weight excluding hydrogens is 254 g/mol. The molecule has 3 rings (SSSR count). The summed E-state index contributed by atoms with van der Waals surface area (Å²) in [6.45, 7) is 2.34. The normalized spacial score (nSPS) is 28.7. The zero-order valence-electron chi connectivity index (χ0n) is 10.2. The van der Waals surface area contributed by atoms with E-state index in [1.165, 1.54) is 6.20 Å². The van der Waals surface area contributed by atoms with E-state index in [1.54, 1.807) is 6.92 Å². The second kappa shape index (κ2) is 4.32. The molecule has 0 bridgehead atoms. The molecule has 0 amide bonds. The molecule has 1 aromatic rings. The van der Waals surface area contributed by atoms with Crippen LogP contribution in [0.2, 0.25) is 0 Å². The van der Waals surface area contributed by atoms with Crippen molar-refractivity contribution in [1.82, 2.24) is 14.9 Å². The highest BCUT2D eigenvalue weighted by atomic mass is 32.2. The van der Waals surface area contributed by atoms with Gasteiger partial charge in [0.05, 0.1) is 24.0 Å². The van der Waals surface area contributed by atoms with Crippen LogP contribution in [0.3, 0.4) is 0 Å². The molecule has 0 radical (unpaired) electrons. The molecule has 1 saturated carbocycles. The fourth-order valence-electron chi connectivity index (χ4n) is 2.50. The molecule has 6 nitrogen and oxygen atoms in total. The Labute approximate surface area is 106 Å². The molecule has 1 aromatic heterocycles. The maximum Gasteiger partial charge on any atom is 0.244 e. The molecule has 1 aliphatic carbocycles. The molecule has 2 atom stereocenters. The van der Waals surface area contributed by atoms with Crippen LogP contribution in [0.15, 0.2) is 11.1 Å². The van der Waals surface area contributed by atoms with Crippen molar-refractivity contribution in [3.05, 3.63) is 11.9 Å². The SMILES string of the molecule is Cc1[nH]ncc1S(=O)(=O)NC1CCOC1C1CC1. The molecular formula is C11H17N3O3S. The van der Waals surface area contributed by atoms with Crippen molar-refractivity contribution in [1.29, 1.82) is 0 Å². The fraction of sp³-hybridized carbons (Fsp3) is 0.727. The Balaban J connectivity index is 1.77. The molecule has 18 heavy (non-hydrogen) atoms. The summed E-state index contributed by atoms with van der Waals surface area (Å²) in [5.41, 5.74) is 0.560. The number of nitrogens with one attached hydrogen (secondary N) is 2. The average molecular weight is 271 g/mol. The summed E-state index contributed by atoms with van der Waals surface area (Å²) in [6.07, 6.45) is 4.44. The zero-order chi connectivity index (χ0) is 12.8. The molecule has 2 aliphatic rings. The van der Waals surface area contributed by atoms with Crippen LogP contribution in [0.1, 0.15) is 25.0 Å². The van der Waals surface area contributed by atoms with Gasteiger partial charge in [-0.05, 0) is 32.1 Å². The minimum atomic E-state index is -3.49. The number of aryl methyl sites for hydroxylation is 1. The first-order valence-electron chi connectivity index (χ1n) is 6.22. The molecule has 0 aromatic carbocycles. The average Bonchev–Trinajstić information content (AvgIpc) is 2.89. The van der Waals surface area contributed by atoms with Crippen molar-refractivity contribution in [3.63, 3.8) is 0 Å². The van der Waals surface area contributed by atoms with E-state index in [0.717, 1.165) is 19.3 Å². The minimum Gasteiger partial charge on any atom is -0.376 e. The Morgan fingerprint density at radius 2 is 2.22 bits per heavy atom. The number of H-pyrrole nitrogens is 1. The first-order chi connectivity index (χ1) is 8.58.